The number of piperidine rings is 1. The largest absolute Gasteiger partial charge is 0.390 e. The molecule has 1 N–H and O–H groups in total. The van der Waals surface area contributed by atoms with Crippen LogP contribution in [-0.4, -0.2) is 78.3 Å². The van der Waals surface area contributed by atoms with E-state index in [4.69, 9.17) is 0 Å². The number of hydrogen-bond donors (Lipinski definition) is 1. The molecule has 2 saturated heterocycles. The van der Waals surface area contributed by atoms with Crippen molar-refractivity contribution in [3.63, 3.8) is 0 Å². The van der Waals surface area contributed by atoms with Gasteiger partial charge in [-0.2, -0.15) is 0 Å². The molecule has 4 rings (SSSR count). The number of fused-ring (bicyclic) bond motifs is 1. The van der Waals surface area contributed by atoms with E-state index < -0.39 is 0 Å². The van der Waals surface area contributed by atoms with Crippen molar-refractivity contribution >= 4 is 21.4 Å². The van der Waals surface area contributed by atoms with Gasteiger partial charge in [0.25, 0.3) is 0 Å². The maximum atomic E-state index is 10.8. The summed E-state index contributed by atoms with van der Waals surface area (Å²) in [5, 5.41) is 12.2. The summed E-state index contributed by atoms with van der Waals surface area (Å²) in [5.74, 6) is 0. The van der Waals surface area contributed by atoms with Crippen molar-refractivity contribution in [3.8, 4) is 0 Å². The summed E-state index contributed by atoms with van der Waals surface area (Å²) in [5.41, 5.74) is 1.45. The Hall–Kier alpha value is -0.980. The lowest BCUT2D eigenvalue weighted by Gasteiger charge is -2.44. The molecule has 2 fully saturated rings. The minimum Gasteiger partial charge on any atom is -0.390 e. The summed E-state index contributed by atoms with van der Waals surface area (Å²) >= 11 is 1.89. The molecule has 25 heavy (non-hydrogen) atoms. The van der Waals surface area contributed by atoms with Crippen LogP contribution in [0, 0.1) is 6.92 Å². The zero-order chi connectivity index (χ0) is 17.4. The van der Waals surface area contributed by atoms with Crippen LogP contribution in [0.3, 0.4) is 0 Å². The number of aryl methyl sites for hydroxylation is 1. The van der Waals surface area contributed by atoms with E-state index in [0.29, 0.717) is 6.04 Å². The van der Waals surface area contributed by atoms with Crippen LogP contribution in [0.1, 0.15) is 16.9 Å². The fourth-order valence-electron chi connectivity index (χ4n) is 4.35. The Kier molecular flexibility index (Phi) is 5.11. The number of likely N-dealkylation sites (tertiary alicyclic amines) is 1. The van der Waals surface area contributed by atoms with Gasteiger partial charge in [-0.3, -0.25) is 9.80 Å². The smallest absolute Gasteiger partial charge is 0.0822 e. The van der Waals surface area contributed by atoms with E-state index in [2.05, 4.69) is 52.9 Å². The molecule has 2 aliphatic heterocycles. The fraction of sp³-hybridized carbons (Fsp3) is 0.600. The number of benzene rings is 1. The van der Waals surface area contributed by atoms with Gasteiger partial charge in [-0.25, -0.2) is 0 Å². The first-order valence-electron chi connectivity index (χ1n) is 9.42. The van der Waals surface area contributed by atoms with Crippen molar-refractivity contribution in [1.82, 2.24) is 14.7 Å². The zero-order valence-corrected chi connectivity index (χ0v) is 16.1. The summed E-state index contributed by atoms with van der Waals surface area (Å²) in [4.78, 5) is 8.74. The molecule has 0 spiro atoms. The van der Waals surface area contributed by atoms with Crippen molar-refractivity contribution in [1.29, 1.82) is 0 Å². The Morgan fingerprint density at radius 1 is 1.12 bits per heavy atom. The van der Waals surface area contributed by atoms with E-state index in [-0.39, 0.29) is 6.10 Å². The molecule has 0 saturated carbocycles. The maximum absolute atomic E-state index is 10.8. The Morgan fingerprint density at radius 2 is 1.88 bits per heavy atom. The Morgan fingerprint density at radius 3 is 2.64 bits per heavy atom. The number of rotatable bonds is 3. The topological polar surface area (TPSA) is 30.0 Å². The number of hydrogen-bond acceptors (Lipinski definition) is 5. The van der Waals surface area contributed by atoms with Crippen LogP contribution >= 0.6 is 11.3 Å². The van der Waals surface area contributed by atoms with Crippen molar-refractivity contribution in [3.05, 3.63) is 34.7 Å². The molecular formula is C20H29N3OS. The van der Waals surface area contributed by atoms with Gasteiger partial charge in [0.2, 0.25) is 0 Å². The molecule has 0 radical (unpaired) electrons. The summed E-state index contributed by atoms with van der Waals surface area (Å²) in [6.45, 7) is 9.48. The summed E-state index contributed by atoms with van der Waals surface area (Å²) in [7, 11) is 2.18. The Labute approximate surface area is 154 Å². The fourth-order valence-corrected chi connectivity index (χ4v) is 5.42. The Bertz CT molecular complexity index is 723. The number of aliphatic hydroxyl groups excluding tert-OH is 1. The van der Waals surface area contributed by atoms with Gasteiger partial charge in [0.1, 0.15) is 0 Å². The summed E-state index contributed by atoms with van der Waals surface area (Å²) in [6.07, 6.45) is 0.841. The van der Waals surface area contributed by atoms with Gasteiger partial charge in [-0.1, -0.05) is 18.2 Å². The minimum atomic E-state index is -0.234. The molecule has 0 aliphatic carbocycles. The number of nitrogens with zero attached hydrogens (tertiary/aromatic N) is 3. The lowest BCUT2D eigenvalue weighted by atomic mass is 9.98. The molecule has 2 aromatic rings. The average Bonchev–Trinajstić information content (AvgIpc) is 2.92. The highest BCUT2D eigenvalue weighted by Gasteiger charge is 2.33. The van der Waals surface area contributed by atoms with E-state index in [9.17, 15) is 5.11 Å². The molecule has 2 aliphatic rings. The SMILES string of the molecule is Cc1sc2ccccc2c1CN1CC[C@@H](N2CCN(C)CC2)[C@H](O)C1. The molecule has 5 heteroatoms. The molecule has 136 valence electrons. The summed E-state index contributed by atoms with van der Waals surface area (Å²) < 4.78 is 1.38. The van der Waals surface area contributed by atoms with Gasteiger partial charge in [0, 0.05) is 61.4 Å². The van der Waals surface area contributed by atoms with E-state index >= 15 is 0 Å². The highest BCUT2D eigenvalue weighted by molar-refractivity contribution is 7.19. The molecule has 4 nitrogen and oxygen atoms in total. The van der Waals surface area contributed by atoms with Crippen molar-refractivity contribution < 1.29 is 5.11 Å². The monoisotopic (exact) mass is 359 g/mol. The lowest BCUT2D eigenvalue weighted by molar-refractivity contribution is -0.0285. The molecule has 3 heterocycles. The first-order valence-corrected chi connectivity index (χ1v) is 10.2. The van der Waals surface area contributed by atoms with Gasteiger partial charge in [0.05, 0.1) is 6.10 Å². The second kappa shape index (κ2) is 7.33. The molecule has 1 aromatic heterocycles. The van der Waals surface area contributed by atoms with Crippen LogP contribution in [0.2, 0.25) is 0 Å². The van der Waals surface area contributed by atoms with Crippen LogP contribution in [0.4, 0.5) is 0 Å². The highest BCUT2D eigenvalue weighted by atomic mass is 32.1. The van der Waals surface area contributed by atoms with Crippen LogP contribution in [0.5, 0.6) is 0 Å². The van der Waals surface area contributed by atoms with E-state index in [1.54, 1.807) is 0 Å². The van der Waals surface area contributed by atoms with Gasteiger partial charge >= 0.3 is 0 Å². The van der Waals surface area contributed by atoms with Gasteiger partial charge < -0.3 is 10.0 Å². The van der Waals surface area contributed by atoms with Crippen LogP contribution in [-0.2, 0) is 6.54 Å². The molecule has 2 atom stereocenters. The quantitative estimate of drug-likeness (QED) is 0.911. The highest BCUT2D eigenvalue weighted by Crippen LogP contribution is 2.32. The van der Waals surface area contributed by atoms with Crippen molar-refractivity contribution in [2.75, 3.05) is 46.3 Å². The number of likely N-dealkylation sites (N-methyl/N-ethyl adjacent to an activating group) is 1. The Balaban J connectivity index is 1.41. The van der Waals surface area contributed by atoms with Gasteiger partial charge in [-0.05, 0) is 37.4 Å². The van der Waals surface area contributed by atoms with Gasteiger partial charge in [0.15, 0.2) is 0 Å². The van der Waals surface area contributed by atoms with E-state index in [1.165, 1.54) is 20.5 Å². The number of aliphatic hydroxyl groups is 1. The third-order valence-electron chi connectivity index (χ3n) is 5.92. The van der Waals surface area contributed by atoms with Crippen LogP contribution < -0.4 is 0 Å². The van der Waals surface area contributed by atoms with E-state index in [1.807, 2.05) is 11.3 Å². The molecule has 0 unspecified atom stereocenters. The molecular weight excluding hydrogens is 330 g/mol. The zero-order valence-electron chi connectivity index (χ0n) is 15.3. The number of thiophene rings is 1. The number of β-amino-alcohol motifs (C(OH)–C–C–N with tert-alkyl or cyclic N) is 1. The van der Waals surface area contributed by atoms with E-state index in [0.717, 1.165) is 52.2 Å². The molecule has 1 aromatic carbocycles. The average molecular weight is 360 g/mol. The predicted molar refractivity (Wildman–Crippen MR) is 105 cm³/mol. The maximum Gasteiger partial charge on any atom is 0.0822 e. The third-order valence-corrected chi connectivity index (χ3v) is 7.05. The second-order valence-corrected chi connectivity index (χ2v) is 8.89. The third kappa shape index (κ3) is 3.62. The van der Waals surface area contributed by atoms with Crippen molar-refractivity contribution in [2.45, 2.75) is 32.0 Å². The normalized spacial score (nSPS) is 27.2. The molecule has 0 bridgehead atoms. The second-order valence-electron chi connectivity index (χ2n) is 7.63. The standard InChI is InChI=1S/C20H29N3OS/c1-15-17(16-5-3-4-6-20(16)25-15)13-22-8-7-18(19(24)14-22)23-11-9-21(2)10-12-23/h3-6,18-19,24H,7-14H2,1-2H3/t18-,19-/m1/s1. The minimum absolute atomic E-state index is 0.234. The van der Waals surface area contributed by atoms with Gasteiger partial charge in [-0.15, -0.1) is 11.3 Å². The predicted octanol–water partition coefficient (Wildman–Crippen LogP) is 2.39. The number of piperazine rings is 1. The summed E-state index contributed by atoms with van der Waals surface area (Å²) in [6, 6.07) is 9.04. The first kappa shape index (κ1) is 17.4. The molecule has 0 amide bonds. The van der Waals surface area contributed by atoms with Crippen LogP contribution in [0.25, 0.3) is 10.1 Å². The van der Waals surface area contributed by atoms with Crippen molar-refractivity contribution in [2.24, 2.45) is 0 Å². The lowest BCUT2D eigenvalue weighted by Crippen LogP contribution is -2.58. The van der Waals surface area contributed by atoms with Crippen LogP contribution in [0.15, 0.2) is 24.3 Å². The first-order chi connectivity index (χ1) is 12.1.